The Morgan fingerprint density at radius 1 is 1.44 bits per heavy atom. The first-order chi connectivity index (χ1) is 8.50. The maximum absolute atomic E-state index is 12.0. The molecule has 18 heavy (non-hydrogen) atoms. The summed E-state index contributed by atoms with van der Waals surface area (Å²) in [6.07, 6.45) is 2.70. The molecule has 0 unspecified atom stereocenters. The number of nitrogens with two attached hydrogens (primary N) is 1. The van der Waals surface area contributed by atoms with Crippen molar-refractivity contribution in [3.05, 3.63) is 40.3 Å². The van der Waals surface area contributed by atoms with Gasteiger partial charge in [0.05, 0.1) is 5.69 Å². The highest BCUT2D eigenvalue weighted by Crippen LogP contribution is 2.17. The Balaban J connectivity index is 2.19. The van der Waals surface area contributed by atoms with E-state index in [4.69, 9.17) is 5.73 Å². The molecule has 2 aromatic rings. The van der Waals surface area contributed by atoms with Crippen molar-refractivity contribution in [2.45, 2.75) is 18.4 Å². The van der Waals surface area contributed by atoms with Crippen molar-refractivity contribution in [1.29, 1.82) is 0 Å². The van der Waals surface area contributed by atoms with Crippen LogP contribution in [0.3, 0.4) is 0 Å². The number of aryl methyl sites for hydroxylation is 1. The summed E-state index contributed by atoms with van der Waals surface area (Å²) in [5.41, 5.74) is 7.86. The lowest BCUT2D eigenvalue weighted by Gasteiger charge is -2.08. The van der Waals surface area contributed by atoms with Gasteiger partial charge in [0.25, 0.3) is 0 Å². The van der Waals surface area contributed by atoms with E-state index in [-0.39, 0.29) is 17.1 Å². The number of sulfonamides is 1. The normalized spacial score (nSPS) is 11.6. The van der Waals surface area contributed by atoms with Crippen molar-refractivity contribution < 1.29 is 8.42 Å². The summed E-state index contributed by atoms with van der Waals surface area (Å²) in [7, 11) is -3.62. The standard InChI is InChI=1S/C11H13N3O2S2/c1-8-6-17-7-9(8)4-14-18(15,16)11-5-13-3-2-10(11)12/h2-3,5-7,14H,4H2,1H3,(H2,12,13). The molecule has 0 atom stereocenters. The molecule has 0 aliphatic heterocycles. The van der Waals surface area contributed by atoms with Gasteiger partial charge in [-0.25, -0.2) is 13.1 Å². The first-order valence-electron chi connectivity index (χ1n) is 5.21. The average Bonchev–Trinajstić information content (AvgIpc) is 2.73. The van der Waals surface area contributed by atoms with Crippen molar-refractivity contribution in [1.82, 2.24) is 9.71 Å². The lowest BCUT2D eigenvalue weighted by Crippen LogP contribution is -2.24. The fraction of sp³-hybridized carbons (Fsp3) is 0.182. The van der Waals surface area contributed by atoms with E-state index in [1.54, 1.807) is 11.3 Å². The second-order valence-electron chi connectivity index (χ2n) is 3.82. The average molecular weight is 283 g/mol. The Labute approximate surface area is 110 Å². The summed E-state index contributed by atoms with van der Waals surface area (Å²) in [5, 5.41) is 3.90. The van der Waals surface area contributed by atoms with Crippen LogP contribution in [0.15, 0.2) is 34.1 Å². The number of nitrogens with zero attached hydrogens (tertiary/aromatic N) is 1. The summed E-state index contributed by atoms with van der Waals surface area (Å²) >= 11 is 1.54. The van der Waals surface area contributed by atoms with Crippen molar-refractivity contribution in [2.24, 2.45) is 0 Å². The molecule has 0 spiro atoms. The molecule has 0 saturated carbocycles. The first-order valence-corrected chi connectivity index (χ1v) is 7.64. The van der Waals surface area contributed by atoms with E-state index in [0.717, 1.165) is 11.1 Å². The van der Waals surface area contributed by atoms with E-state index in [1.165, 1.54) is 18.5 Å². The third-order valence-electron chi connectivity index (χ3n) is 2.52. The van der Waals surface area contributed by atoms with Gasteiger partial charge in [-0.1, -0.05) is 0 Å². The predicted octanol–water partition coefficient (Wildman–Crippen LogP) is 1.51. The van der Waals surface area contributed by atoms with Crippen LogP contribution in [0.2, 0.25) is 0 Å². The largest absolute Gasteiger partial charge is 0.398 e. The van der Waals surface area contributed by atoms with Crippen LogP contribution in [0.1, 0.15) is 11.1 Å². The van der Waals surface area contributed by atoms with Crippen LogP contribution in [0, 0.1) is 6.92 Å². The molecule has 2 aromatic heterocycles. The lowest BCUT2D eigenvalue weighted by atomic mass is 10.2. The Morgan fingerprint density at radius 2 is 2.22 bits per heavy atom. The summed E-state index contributed by atoms with van der Waals surface area (Å²) in [4.78, 5) is 3.79. The van der Waals surface area contributed by atoms with Crippen molar-refractivity contribution in [2.75, 3.05) is 5.73 Å². The molecule has 0 saturated heterocycles. The van der Waals surface area contributed by atoms with Gasteiger partial charge < -0.3 is 5.73 Å². The lowest BCUT2D eigenvalue weighted by molar-refractivity contribution is 0.581. The Morgan fingerprint density at radius 3 is 2.83 bits per heavy atom. The van der Waals surface area contributed by atoms with E-state index in [2.05, 4.69) is 9.71 Å². The summed E-state index contributed by atoms with van der Waals surface area (Å²) in [6, 6.07) is 1.46. The maximum Gasteiger partial charge on any atom is 0.244 e. The molecule has 3 N–H and O–H groups in total. The molecule has 0 aliphatic rings. The number of hydrogen-bond acceptors (Lipinski definition) is 5. The smallest absolute Gasteiger partial charge is 0.244 e. The molecule has 2 heterocycles. The van der Waals surface area contributed by atoms with Gasteiger partial charge in [-0.05, 0) is 34.9 Å². The van der Waals surface area contributed by atoms with Crippen LogP contribution >= 0.6 is 11.3 Å². The third-order valence-corrected chi connectivity index (χ3v) is 4.88. The minimum Gasteiger partial charge on any atom is -0.398 e. The zero-order chi connectivity index (χ0) is 13.2. The number of nitrogens with one attached hydrogen (secondary N) is 1. The SMILES string of the molecule is Cc1cscc1CNS(=O)(=O)c1cnccc1N. The summed E-state index contributed by atoms with van der Waals surface area (Å²) in [6.45, 7) is 2.20. The van der Waals surface area contributed by atoms with Crippen LogP contribution < -0.4 is 10.5 Å². The van der Waals surface area contributed by atoms with Crippen molar-refractivity contribution >= 4 is 27.0 Å². The van der Waals surface area contributed by atoms with Gasteiger partial charge in [0.2, 0.25) is 10.0 Å². The number of anilines is 1. The van der Waals surface area contributed by atoms with Crippen molar-refractivity contribution in [3.63, 3.8) is 0 Å². The van der Waals surface area contributed by atoms with E-state index in [0.29, 0.717) is 0 Å². The van der Waals surface area contributed by atoms with Crippen LogP contribution in [-0.2, 0) is 16.6 Å². The minimum absolute atomic E-state index is 0.0119. The summed E-state index contributed by atoms with van der Waals surface area (Å²) < 4.78 is 26.6. The molecule has 0 amide bonds. The number of thiophene rings is 1. The van der Waals surface area contributed by atoms with Crippen LogP contribution in [0.5, 0.6) is 0 Å². The molecule has 2 rings (SSSR count). The van der Waals surface area contributed by atoms with Crippen LogP contribution in [-0.4, -0.2) is 13.4 Å². The molecular weight excluding hydrogens is 270 g/mol. The Hall–Kier alpha value is -1.44. The molecule has 0 aliphatic carbocycles. The Bertz CT molecular complexity index is 650. The minimum atomic E-state index is -3.62. The molecule has 96 valence electrons. The number of rotatable bonds is 4. The highest BCUT2D eigenvalue weighted by atomic mass is 32.2. The maximum atomic E-state index is 12.0. The van der Waals surface area contributed by atoms with Crippen LogP contribution in [0.4, 0.5) is 5.69 Å². The highest BCUT2D eigenvalue weighted by molar-refractivity contribution is 7.89. The van der Waals surface area contributed by atoms with Gasteiger partial charge in [0.15, 0.2) is 0 Å². The van der Waals surface area contributed by atoms with Gasteiger partial charge >= 0.3 is 0 Å². The number of pyridine rings is 1. The van der Waals surface area contributed by atoms with Gasteiger partial charge in [0, 0.05) is 18.9 Å². The van der Waals surface area contributed by atoms with Gasteiger partial charge in [-0.15, -0.1) is 0 Å². The zero-order valence-corrected chi connectivity index (χ0v) is 11.4. The second kappa shape index (κ2) is 5.05. The van der Waals surface area contributed by atoms with Gasteiger partial charge in [-0.3, -0.25) is 4.98 Å². The molecule has 0 fully saturated rings. The zero-order valence-electron chi connectivity index (χ0n) is 9.75. The molecule has 0 radical (unpaired) electrons. The molecule has 5 nitrogen and oxygen atoms in total. The first kappa shape index (κ1) is 13.0. The van der Waals surface area contributed by atoms with Gasteiger partial charge in [0.1, 0.15) is 4.90 Å². The number of hydrogen-bond donors (Lipinski definition) is 2. The van der Waals surface area contributed by atoms with E-state index < -0.39 is 10.0 Å². The van der Waals surface area contributed by atoms with Gasteiger partial charge in [-0.2, -0.15) is 11.3 Å². The quantitative estimate of drug-likeness (QED) is 0.890. The highest BCUT2D eigenvalue weighted by Gasteiger charge is 2.17. The fourth-order valence-corrected chi connectivity index (χ4v) is 3.37. The summed E-state index contributed by atoms with van der Waals surface area (Å²) in [5.74, 6) is 0. The Kier molecular flexibility index (Phi) is 3.65. The number of nitrogen functional groups attached to an aromatic ring is 1. The number of aromatic nitrogens is 1. The third kappa shape index (κ3) is 2.69. The molecular formula is C11H13N3O2S2. The second-order valence-corrected chi connectivity index (χ2v) is 6.30. The molecule has 0 bridgehead atoms. The van der Waals surface area contributed by atoms with E-state index in [9.17, 15) is 8.42 Å². The van der Waals surface area contributed by atoms with Crippen LogP contribution in [0.25, 0.3) is 0 Å². The fourth-order valence-electron chi connectivity index (χ4n) is 1.43. The van der Waals surface area contributed by atoms with E-state index >= 15 is 0 Å². The molecule has 0 aromatic carbocycles. The van der Waals surface area contributed by atoms with Crippen molar-refractivity contribution in [3.8, 4) is 0 Å². The molecule has 7 heteroatoms. The topological polar surface area (TPSA) is 85.1 Å². The predicted molar refractivity (Wildman–Crippen MR) is 71.7 cm³/mol. The monoisotopic (exact) mass is 283 g/mol. The van der Waals surface area contributed by atoms with E-state index in [1.807, 2.05) is 17.7 Å².